The molecule has 25 heavy (non-hydrogen) atoms. The van der Waals surface area contributed by atoms with E-state index in [9.17, 15) is 9.59 Å². The minimum atomic E-state index is -0.443. The van der Waals surface area contributed by atoms with Gasteiger partial charge in [0.05, 0.1) is 0 Å². The van der Waals surface area contributed by atoms with Crippen LogP contribution in [-0.2, 0) is 11.3 Å². The second kappa shape index (κ2) is 6.59. The molecular weight excluding hydrogens is 314 g/mol. The first-order chi connectivity index (χ1) is 12.2. The molecule has 2 heterocycles. The van der Waals surface area contributed by atoms with Crippen molar-refractivity contribution < 1.29 is 9.59 Å². The summed E-state index contributed by atoms with van der Waals surface area (Å²) >= 11 is 0. The molecule has 5 nitrogen and oxygen atoms in total. The van der Waals surface area contributed by atoms with E-state index >= 15 is 0 Å². The molecule has 1 fully saturated rings. The molecule has 2 amide bonds. The Bertz CT molecular complexity index is 798. The third kappa shape index (κ3) is 3.09. The molecule has 0 radical (unpaired) electrons. The molecule has 0 spiro atoms. The smallest absolute Gasteiger partial charge is 0.251 e. The zero-order valence-corrected chi connectivity index (χ0v) is 14.0. The van der Waals surface area contributed by atoms with Crippen LogP contribution >= 0.6 is 0 Å². The average Bonchev–Trinajstić information content (AvgIpc) is 3.30. The molecule has 0 aliphatic carbocycles. The van der Waals surface area contributed by atoms with Crippen molar-refractivity contribution in [3.8, 4) is 0 Å². The minimum absolute atomic E-state index is 0.0548. The summed E-state index contributed by atoms with van der Waals surface area (Å²) in [6.45, 7) is 2.20. The monoisotopic (exact) mass is 335 g/mol. The maximum absolute atomic E-state index is 13.0. The highest BCUT2D eigenvalue weighted by molar-refractivity contribution is 5.99. The number of carbonyl (C=O) groups excluding carboxylic acids is 2. The van der Waals surface area contributed by atoms with Gasteiger partial charge in [0, 0.05) is 30.9 Å². The van der Waals surface area contributed by atoms with Crippen LogP contribution in [0.2, 0.25) is 0 Å². The maximum atomic E-state index is 13.0. The number of fused-ring (bicyclic) bond motifs is 1. The van der Waals surface area contributed by atoms with Gasteiger partial charge in [-0.25, -0.2) is 0 Å². The number of rotatable bonds is 4. The fourth-order valence-corrected chi connectivity index (χ4v) is 3.52. The summed E-state index contributed by atoms with van der Waals surface area (Å²) in [6, 6.07) is 15.0. The Hall–Kier alpha value is -2.82. The second-order valence-electron chi connectivity index (χ2n) is 6.58. The van der Waals surface area contributed by atoms with Gasteiger partial charge < -0.3 is 15.5 Å². The Morgan fingerprint density at radius 3 is 2.60 bits per heavy atom. The van der Waals surface area contributed by atoms with Crippen molar-refractivity contribution in [2.45, 2.75) is 25.4 Å². The lowest BCUT2D eigenvalue weighted by molar-refractivity contribution is -0.131. The van der Waals surface area contributed by atoms with Crippen LogP contribution in [0, 0.1) is 0 Å². The van der Waals surface area contributed by atoms with Crippen molar-refractivity contribution in [3.05, 3.63) is 65.2 Å². The average molecular weight is 335 g/mol. The van der Waals surface area contributed by atoms with E-state index in [0.29, 0.717) is 12.1 Å². The largest absolute Gasteiger partial charge is 0.370 e. The quantitative estimate of drug-likeness (QED) is 0.903. The van der Waals surface area contributed by atoms with Crippen LogP contribution in [0.4, 0.5) is 5.69 Å². The molecule has 4 rings (SSSR count). The van der Waals surface area contributed by atoms with E-state index in [2.05, 4.69) is 10.6 Å². The van der Waals surface area contributed by atoms with Gasteiger partial charge in [-0.3, -0.25) is 9.59 Å². The van der Waals surface area contributed by atoms with Crippen molar-refractivity contribution in [2.24, 2.45) is 0 Å². The van der Waals surface area contributed by atoms with Gasteiger partial charge in [0.25, 0.3) is 5.91 Å². The Morgan fingerprint density at radius 1 is 1.08 bits per heavy atom. The van der Waals surface area contributed by atoms with Crippen LogP contribution in [0.1, 0.15) is 40.4 Å². The number of amides is 2. The van der Waals surface area contributed by atoms with Crippen LogP contribution in [0.3, 0.4) is 0 Å². The third-order valence-corrected chi connectivity index (χ3v) is 4.90. The summed E-state index contributed by atoms with van der Waals surface area (Å²) in [4.78, 5) is 26.9. The van der Waals surface area contributed by atoms with Crippen LogP contribution in [-0.4, -0.2) is 29.8 Å². The Kier molecular flexibility index (Phi) is 4.14. The van der Waals surface area contributed by atoms with Gasteiger partial charge in [-0.05, 0) is 36.1 Å². The third-order valence-electron chi connectivity index (χ3n) is 4.90. The molecule has 0 bridgehead atoms. The maximum Gasteiger partial charge on any atom is 0.251 e. The van der Waals surface area contributed by atoms with E-state index in [1.165, 1.54) is 0 Å². The SMILES string of the molecule is O=C1NCc2ccc(NC(C(=O)N3CCCC3)c3ccccc3)cc21. The molecular formula is C20H21N3O2. The highest BCUT2D eigenvalue weighted by Gasteiger charge is 2.28. The first-order valence-corrected chi connectivity index (χ1v) is 8.74. The summed E-state index contributed by atoms with van der Waals surface area (Å²) in [7, 11) is 0. The van der Waals surface area contributed by atoms with E-state index in [1.54, 1.807) is 0 Å². The van der Waals surface area contributed by atoms with Crippen molar-refractivity contribution in [1.82, 2.24) is 10.2 Å². The van der Waals surface area contributed by atoms with Gasteiger partial charge in [0.1, 0.15) is 6.04 Å². The summed E-state index contributed by atoms with van der Waals surface area (Å²) in [5.41, 5.74) is 3.41. The number of benzene rings is 2. The lowest BCUT2D eigenvalue weighted by atomic mass is 10.0. The normalized spacial score (nSPS) is 17.1. The Labute approximate surface area is 147 Å². The lowest BCUT2D eigenvalue weighted by Gasteiger charge is -2.25. The van der Waals surface area contributed by atoms with Gasteiger partial charge in [-0.1, -0.05) is 36.4 Å². The van der Waals surface area contributed by atoms with Crippen molar-refractivity contribution in [3.63, 3.8) is 0 Å². The topological polar surface area (TPSA) is 61.4 Å². The second-order valence-corrected chi connectivity index (χ2v) is 6.58. The van der Waals surface area contributed by atoms with Gasteiger partial charge in [0.2, 0.25) is 5.91 Å². The summed E-state index contributed by atoms with van der Waals surface area (Å²) in [5, 5.41) is 6.17. The minimum Gasteiger partial charge on any atom is -0.370 e. The van der Waals surface area contributed by atoms with Gasteiger partial charge in [-0.2, -0.15) is 0 Å². The number of hydrogen-bond acceptors (Lipinski definition) is 3. The first-order valence-electron chi connectivity index (χ1n) is 8.74. The summed E-state index contributed by atoms with van der Waals surface area (Å²) < 4.78 is 0. The van der Waals surface area contributed by atoms with Crippen LogP contribution in [0.15, 0.2) is 48.5 Å². The summed E-state index contributed by atoms with van der Waals surface area (Å²) in [6.07, 6.45) is 2.12. The number of nitrogens with one attached hydrogen (secondary N) is 2. The molecule has 2 aliphatic rings. The van der Waals surface area contributed by atoms with Crippen LogP contribution < -0.4 is 10.6 Å². The van der Waals surface area contributed by atoms with Gasteiger partial charge in [-0.15, -0.1) is 0 Å². The molecule has 1 unspecified atom stereocenters. The number of carbonyl (C=O) groups is 2. The zero-order valence-electron chi connectivity index (χ0n) is 14.0. The molecule has 1 atom stereocenters. The molecule has 2 N–H and O–H groups in total. The molecule has 2 aliphatic heterocycles. The van der Waals surface area contributed by atoms with Gasteiger partial charge in [0.15, 0.2) is 0 Å². The van der Waals surface area contributed by atoms with E-state index in [0.717, 1.165) is 42.7 Å². The molecule has 2 aromatic rings. The first kappa shape index (κ1) is 15.7. The van der Waals surface area contributed by atoms with Gasteiger partial charge >= 0.3 is 0 Å². The van der Waals surface area contributed by atoms with E-state index in [1.807, 2.05) is 53.4 Å². The molecule has 0 saturated carbocycles. The number of hydrogen-bond donors (Lipinski definition) is 2. The molecule has 0 aromatic heterocycles. The van der Waals surface area contributed by atoms with Crippen LogP contribution in [0.25, 0.3) is 0 Å². The van der Waals surface area contributed by atoms with Crippen LogP contribution in [0.5, 0.6) is 0 Å². The molecule has 1 saturated heterocycles. The molecule has 128 valence electrons. The zero-order chi connectivity index (χ0) is 17.2. The number of nitrogens with zero attached hydrogens (tertiary/aromatic N) is 1. The van der Waals surface area contributed by atoms with Crippen molar-refractivity contribution >= 4 is 17.5 Å². The highest BCUT2D eigenvalue weighted by atomic mass is 16.2. The lowest BCUT2D eigenvalue weighted by Crippen LogP contribution is -2.36. The highest BCUT2D eigenvalue weighted by Crippen LogP contribution is 2.26. The van der Waals surface area contributed by atoms with Crippen molar-refractivity contribution in [2.75, 3.05) is 18.4 Å². The van der Waals surface area contributed by atoms with Crippen molar-refractivity contribution in [1.29, 1.82) is 0 Å². The predicted octanol–water partition coefficient (Wildman–Crippen LogP) is 2.71. The summed E-state index contributed by atoms with van der Waals surface area (Å²) in [5.74, 6) is 0.0365. The Balaban J connectivity index is 1.63. The molecule has 2 aromatic carbocycles. The standard InChI is InChI=1S/C20H21N3O2/c24-19-17-12-16(9-8-15(17)13-21-19)22-18(14-6-2-1-3-7-14)20(25)23-10-4-5-11-23/h1-3,6-9,12,18,22H,4-5,10-11,13H2,(H,21,24). The Morgan fingerprint density at radius 2 is 1.84 bits per heavy atom. The molecule has 5 heteroatoms. The van der Waals surface area contributed by atoms with E-state index < -0.39 is 6.04 Å². The predicted molar refractivity (Wildman–Crippen MR) is 96.2 cm³/mol. The number of likely N-dealkylation sites (tertiary alicyclic amines) is 1. The fourth-order valence-electron chi connectivity index (χ4n) is 3.52. The van der Waals surface area contributed by atoms with E-state index in [4.69, 9.17) is 0 Å². The van der Waals surface area contributed by atoms with E-state index in [-0.39, 0.29) is 11.8 Å². The fraction of sp³-hybridized carbons (Fsp3) is 0.300. The number of anilines is 1.